The monoisotopic (exact) mass is 434 g/mol. The van der Waals surface area contributed by atoms with Crippen LogP contribution in [0.3, 0.4) is 0 Å². The molecule has 0 bridgehead atoms. The normalized spacial score (nSPS) is 18.8. The van der Waals surface area contributed by atoms with Gasteiger partial charge in [0.05, 0.1) is 0 Å². The van der Waals surface area contributed by atoms with Crippen LogP contribution in [0.15, 0.2) is 36.5 Å². The van der Waals surface area contributed by atoms with E-state index in [1.165, 1.54) is 12.3 Å². The standard InChI is InChI=1S/C20H18ClF3N6/c1-29-18(26-14-4-2-13(21)3-5-14)27-16(28-29)12-6-15(22)17(25-7-12)30-10-19(11-30)8-20(23,24)9-19/h2-7H,8-11H2,1H3,(H,26,27,28). The molecule has 1 spiro atoms. The minimum absolute atomic E-state index is 0.128. The molecule has 1 N–H and O–H groups in total. The number of anilines is 3. The summed E-state index contributed by atoms with van der Waals surface area (Å²) in [6.07, 6.45) is 1.25. The van der Waals surface area contributed by atoms with Gasteiger partial charge in [-0.15, -0.1) is 5.10 Å². The smallest absolute Gasteiger partial charge is 0.249 e. The van der Waals surface area contributed by atoms with Gasteiger partial charge in [-0.1, -0.05) is 11.6 Å². The van der Waals surface area contributed by atoms with Crippen LogP contribution >= 0.6 is 11.6 Å². The summed E-state index contributed by atoms with van der Waals surface area (Å²) < 4.78 is 42.5. The molecule has 2 aromatic heterocycles. The van der Waals surface area contributed by atoms with Gasteiger partial charge in [0.25, 0.3) is 0 Å². The Balaban J connectivity index is 1.31. The fraction of sp³-hybridized carbons (Fsp3) is 0.350. The fourth-order valence-corrected chi connectivity index (χ4v) is 4.37. The van der Waals surface area contributed by atoms with Gasteiger partial charge in [0, 0.05) is 60.9 Å². The fourth-order valence-electron chi connectivity index (χ4n) is 4.25. The van der Waals surface area contributed by atoms with Crippen LogP contribution in [0.2, 0.25) is 5.02 Å². The summed E-state index contributed by atoms with van der Waals surface area (Å²) >= 11 is 5.89. The predicted molar refractivity (Wildman–Crippen MR) is 108 cm³/mol. The topological polar surface area (TPSA) is 58.9 Å². The van der Waals surface area contributed by atoms with Crippen LogP contribution in [0, 0.1) is 11.2 Å². The number of aryl methyl sites for hydroxylation is 1. The lowest BCUT2D eigenvalue weighted by molar-refractivity contribution is -0.170. The molecule has 156 valence electrons. The van der Waals surface area contributed by atoms with E-state index in [9.17, 15) is 13.2 Å². The van der Waals surface area contributed by atoms with Gasteiger partial charge in [-0.3, -0.25) is 0 Å². The number of benzene rings is 1. The SMILES string of the molecule is Cn1nc(-c2cnc(N3CC4(C3)CC(F)(F)C4)c(F)c2)nc1Nc1ccc(Cl)cc1. The van der Waals surface area contributed by atoms with Gasteiger partial charge >= 0.3 is 0 Å². The van der Waals surface area contributed by atoms with Crippen LogP contribution < -0.4 is 10.2 Å². The van der Waals surface area contributed by atoms with Gasteiger partial charge in [0.15, 0.2) is 17.5 Å². The van der Waals surface area contributed by atoms with Crippen molar-refractivity contribution in [2.24, 2.45) is 12.5 Å². The first-order valence-corrected chi connectivity index (χ1v) is 9.82. The van der Waals surface area contributed by atoms with Crippen LogP contribution in [0.4, 0.5) is 30.6 Å². The predicted octanol–water partition coefficient (Wildman–Crippen LogP) is 4.65. The summed E-state index contributed by atoms with van der Waals surface area (Å²) in [4.78, 5) is 10.3. The molecular formula is C20H18ClF3N6. The molecule has 1 aliphatic carbocycles. The summed E-state index contributed by atoms with van der Waals surface area (Å²) in [5, 5.41) is 8.07. The molecule has 0 amide bonds. The first kappa shape index (κ1) is 19.2. The second kappa shape index (κ2) is 6.60. The highest BCUT2D eigenvalue weighted by Crippen LogP contribution is 2.57. The minimum atomic E-state index is -2.58. The van der Waals surface area contributed by atoms with Crippen LogP contribution in [-0.2, 0) is 7.05 Å². The zero-order valence-corrected chi connectivity index (χ0v) is 16.8. The number of aromatic nitrogens is 4. The molecular weight excluding hydrogens is 417 g/mol. The van der Waals surface area contributed by atoms with Crippen molar-refractivity contribution in [2.45, 2.75) is 18.8 Å². The third-order valence-corrected chi connectivity index (χ3v) is 5.81. The molecule has 1 saturated heterocycles. The van der Waals surface area contributed by atoms with E-state index in [2.05, 4.69) is 20.4 Å². The Kier molecular flexibility index (Phi) is 4.22. The quantitative estimate of drug-likeness (QED) is 0.647. The lowest BCUT2D eigenvalue weighted by Gasteiger charge is -2.58. The summed E-state index contributed by atoms with van der Waals surface area (Å²) in [6.45, 7) is 0.811. The van der Waals surface area contributed by atoms with Gasteiger partial charge in [-0.2, -0.15) is 4.98 Å². The van der Waals surface area contributed by atoms with Gasteiger partial charge in [-0.05, 0) is 30.3 Å². The number of nitrogens with zero attached hydrogens (tertiary/aromatic N) is 5. The zero-order chi connectivity index (χ0) is 21.1. The average Bonchev–Trinajstić information content (AvgIpc) is 3.00. The average molecular weight is 435 g/mol. The van der Waals surface area contributed by atoms with Crippen molar-refractivity contribution < 1.29 is 13.2 Å². The Morgan fingerprint density at radius 3 is 2.47 bits per heavy atom. The largest absolute Gasteiger partial charge is 0.353 e. The number of hydrogen-bond donors (Lipinski definition) is 1. The second-order valence-electron chi connectivity index (χ2n) is 8.11. The summed E-state index contributed by atoms with van der Waals surface area (Å²) in [6, 6.07) is 8.45. The van der Waals surface area contributed by atoms with Crippen LogP contribution in [0.25, 0.3) is 11.4 Å². The molecule has 2 fully saturated rings. The van der Waals surface area contributed by atoms with Crippen LogP contribution in [0.1, 0.15) is 12.8 Å². The Morgan fingerprint density at radius 1 is 1.13 bits per heavy atom. The van der Waals surface area contributed by atoms with Crippen molar-refractivity contribution in [3.8, 4) is 11.4 Å². The molecule has 5 rings (SSSR count). The van der Waals surface area contributed by atoms with E-state index >= 15 is 0 Å². The molecule has 1 aromatic carbocycles. The van der Waals surface area contributed by atoms with Gasteiger partial charge in [-0.25, -0.2) is 22.8 Å². The maximum Gasteiger partial charge on any atom is 0.249 e. The second-order valence-corrected chi connectivity index (χ2v) is 8.55. The molecule has 30 heavy (non-hydrogen) atoms. The molecule has 3 aromatic rings. The number of alkyl halides is 2. The van der Waals surface area contributed by atoms with Crippen molar-refractivity contribution in [3.63, 3.8) is 0 Å². The highest BCUT2D eigenvalue weighted by atomic mass is 35.5. The van der Waals surface area contributed by atoms with E-state index in [0.29, 0.717) is 35.4 Å². The summed E-state index contributed by atoms with van der Waals surface area (Å²) in [5.74, 6) is -2.12. The van der Waals surface area contributed by atoms with Crippen LogP contribution in [-0.4, -0.2) is 38.8 Å². The molecule has 6 nitrogen and oxygen atoms in total. The number of halogens is 4. The summed E-state index contributed by atoms with van der Waals surface area (Å²) in [5.41, 5.74) is 0.831. The molecule has 0 radical (unpaired) electrons. The van der Waals surface area contributed by atoms with E-state index in [4.69, 9.17) is 11.6 Å². The number of nitrogens with one attached hydrogen (secondary N) is 1. The highest BCUT2D eigenvalue weighted by Gasteiger charge is 2.62. The molecule has 2 aliphatic rings. The third kappa shape index (κ3) is 3.36. The van der Waals surface area contributed by atoms with Crippen molar-refractivity contribution in [2.75, 3.05) is 23.3 Å². The van der Waals surface area contributed by atoms with Crippen LogP contribution in [0.5, 0.6) is 0 Å². The Hall–Kier alpha value is -2.81. The summed E-state index contributed by atoms with van der Waals surface area (Å²) in [7, 11) is 1.72. The lowest BCUT2D eigenvalue weighted by atomic mass is 9.61. The van der Waals surface area contributed by atoms with Crippen molar-refractivity contribution >= 4 is 29.1 Å². The number of rotatable bonds is 4. The molecule has 1 aliphatic heterocycles. The number of pyridine rings is 1. The maximum absolute atomic E-state index is 14.7. The molecule has 0 unspecified atom stereocenters. The Labute approximate surface area is 175 Å². The van der Waals surface area contributed by atoms with Crippen molar-refractivity contribution in [3.05, 3.63) is 47.4 Å². The maximum atomic E-state index is 14.7. The highest BCUT2D eigenvalue weighted by molar-refractivity contribution is 6.30. The van der Waals surface area contributed by atoms with Gasteiger partial charge in [0.1, 0.15) is 0 Å². The Bertz CT molecular complexity index is 1100. The van der Waals surface area contributed by atoms with E-state index in [1.807, 2.05) is 12.1 Å². The minimum Gasteiger partial charge on any atom is -0.353 e. The van der Waals surface area contributed by atoms with Crippen molar-refractivity contribution in [1.29, 1.82) is 0 Å². The number of hydrogen-bond acceptors (Lipinski definition) is 5. The molecule has 0 atom stereocenters. The Morgan fingerprint density at radius 2 is 1.83 bits per heavy atom. The molecule has 10 heteroatoms. The molecule has 1 saturated carbocycles. The van der Waals surface area contributed by atoms with E-state index in [-0.39, 0.29) is 24.1 Å². The molecule has 3 heterocycles. The lowest BCUT2D eigenvalue weighted by Crippen LogP contribution is -2.66. The van der Waals surface area contributed by atoms with Gasteiger partial charge in [0.2, 0.25) is 11.9 Å². The van der Waals surface area contributed by atoms with E-state index in [1.54, 1.807) is 28.8 Å². The first-order valence-electron chi connectivity index (χ1n) is 9.44. The third-order valence-electron chi connectivity index (χ3n) is 5.56. The zero-order valence-electron chi connectivity index (χ0n) is 16.0. The van der Waals surface area contributed by atoms with Crippen molar-refractivity contribution in [1.82, 2.24) is 19.7 Å². The first-order chi connectivity index (χ1) is 14.2. The van der Waals surface area contributed by atoms with E-state index in [0.717, 1.165) is 5.69 Å². The van der Waals surface area contributed by atoms with E-state index < -0.39 is 11.7 Å². The van der Waals surface area contributed by atoms with Gasteiger partial charge < -0.3 is 10.2 Å².